The SMILES string of the molecule is CCCCCCCCN1C(=O)C(=C[Se])C(=O)N(CCCCCCCC)C1=O.[Au]. The number of urea groups is 1. The van der Waals surface area contributed by atoms with Crippen molar-refractivity contribution in [3.8, 4) is 0 Å². The topological polar surface area (TPSA) is 57.7 Å². The summed E-state index contributed by atoms with van der Waals surface area (Å²) in [5, 5.41) is 0. The number of carbonyl (C=O) groups excluding carboxylic acids is 3. The molecule has 7 heteroatoms. The summed E-state index contributed by atoms with van der Waals surface area (Å²) in [6.07, 6.45) is 13.0. The quantitative estimate of drug-likeness (QED) is 0.121. The molecule has 28 heavy (non-hydrogen) atoms. The Kier molecular flexibility index (Phi) is 16.2. The Hall–Kier alpha value is -0.390. The second-order valence-corrected chi connectivity index (χ2v) is 7.76. The van der Waals surface area contributed by atoms with Crippen LogP contribution in [0.25, 0.3) is 0 Å². The summed E-state index contributed by atoms with van der Waals surface area (Å²) in [6.45, 7) is 5.13. The molecule has 0 aromatic heterocycles. The first-order valence-electron chi connectivity index (χ1n) is 10.6. The summed E-state index contributed by atoms with van der Waals surface area (Å²) in [5.74, 6) is -0.923. The minimum atomic E-state index is -0.462. The van der Waals surface area contributed by atoms with Crippen molar-refractivity contribution in [1.29, 1.82) is 0 Å². The van der Waals surface area contributed by atoms with Gasteiger partial charge in [0.05, 0.1) is 0 Å². The van der Waals surface area contributed by atoms with E-state index in [2.05, 4.69) is 29.9 Å². The molecular weight excluding hydrogens is 604 g/mol. The van der Waals surface area contributed by atoms with E-state index in [1.165, 1.54) is 53.3 Å². The van der Waals surface area contributed by atoms with E-state index in [1.54, 1.807) is 0 Å². The van der Waals surface area contributed by atoms with E-state index < -0.39 is 17.8 Å². The van der Waals surface area contributed by atoms with Crippen molar-refractivity contribution in [3.05, 3.63) is 10.5 Å². The van der Waals surface area contributed by atoms with E-state index in [0.29, 0.717) is 13.1 Å². The van der Waals surface area contributed by atoms with E-state index in [-0.39, 0.29) is 28.0 Å². The van der Waals surface area contributed by atoms with Gasteiger partial charge in [-0.3, -0.25) is 0 Å². The van der Waals surface area contributed by atoms with Crippen LogP contribution in [0.3, 0.4) is 0 Å². The fourth-order valence-corrected chi connectivity index (χ4v) is 3.72. The zero-order valence-electron chi connectivity index (χ0n) is 17.3. The third-order valence-electron chi connectivity index (χ3n) is 5.00. The molecule has 1 rings (SSSR count). The fourth-order valence-electron chi connectivity index (χ4n) is 3.30. The Morgan fingerprint density at radius 3 is 1.39 bits per heavy atom. The van der Waals surface area contributed by atoms with Gasteiger partial charge in [-0.1, -0.05) is 0 Å². The normalized spacial score (nSPS) is 14.5. The van der Waals surface area contributed by atoms with Gasteiger partial charge in [0.25, 0.3) is 0 Å². The molecule has 0 atom stereocenters. The van der Waals surface area contributed by atoms with Crippen molar-refractivity contribution in [2.45, 2.75) is 90.9 Å². The fraction of sp³-hybridized carbons (Fsp3) is 0.762. The molecule has 2 radical (unpaired) electrons. The van der Waals surface area contributed by atoms with Gasteiger partial charge in [-0.25, -0.2) is 0 Å². The standard InChI is InChI=1S/C21H35N2O3Se.Au/c1-3-5-7-9-11-13-15-22-19(24)18(17-27)20(25)23(21(22)26)16-14-12-10-8-6-4-2;/h17H,3-16H2,1-2H3;. The predicted molar refractivity (Wildman–Crippen MR) is 109 cm³/mol. The summed E-state index contributed by atoms with van der Waals surface area (Å²) >= 11 is 2.64. The molecule has 1 aliphatic heterocycles. The average molecular weight is 639 g/mol. The van der Waals surface area contributed by atoms with Crippen LogP contribution in [0.2, 0.25) is 0 Å². The Labute approximate surface area is 194 Å². The number of amides is 4. The van der Waals surface area contributed by atoms with Crippen molar-refractivity contribution in [2.75, 3.05) is 13.1 Å². The van der Waals surface area contributed by atoms with Crippen LogP contribution in [0.5, 0.6) is 0 Å². The Balaban J connectivity index is 0.00000729. The van der Waals surface area contributed by atoms with Crippen LogP contribution in [0.4, 0.5) is 4.79 Å². The molecule has 4 amide bonds. The molecule has 0 unspecified atom stereocenters. The van der Waals surface area contributed by atoms with Crippen molar-refractivity contribution >= 4 is 33.9 Å². The van der Waals surface area contributed by atoms with Gasteiger partial charge < -0.3 is 0 Å². The van der Waals surface area contributed by atoms with Gasteiger partial charge in [0.2, 0.25) is 0 Å². The Bertz CT molecular complexity index is 486. The van der Waals surface area contributed by atoms with Crippen LogP contribution >= 0.6 is 0 Å². The smallest absolute Gasteiger partial charge is 0 e. The molecule has 0 aliphatic carbocycles. The van der Waals surface area contributed by atoms with Crippen molar-refractivity contribution in [1.82, 2.24) is 9.80 Å². The molecule has 1 aliphatic rings. The number of nitrogens with zero attached hydrogens (tertiary/aromatic N) is 2. The minimum absolute atomic E-state index is 0. The first-order valence-corrected chi connectivity index (χ1v) is 11.6. The van der Waals surface area contributed by atoms with Crippen LogP contribution < -0.4 is 0 Å². The van der Waals surface area contributed by atoms with Crippen molar-refractivity contribution in [3.63, 3.8) is 0 Å². The molecule has 0 bridgehead atoms. The number of carbonyl (C=O) groups is 3. The maximum atomic E-state index is 12.7. The first kappa shape index (κ1) is 27.6. The molecule has 0 aromatic rings. The van der Waals surface area contributed by atoms with Crippen molar-refractivity contribution in [2.24, 2.45) is 0 Å². The molecule has 0 N–H and O–H groups in total. The number of unbranched alkanes of at least 4 members (excludes halogenated alkanes) is 10. The predicted octanol–water partition coefficient (Wildman–Crippen LogP) is 4.55. The van der Waals surface area contributed by atoms with Crippen LogP contribution in [0.15, 0.2) is 10.5 Å². The molecule has 0 aromatic carbocycles. The van der Waals surface area contributed by atoms with Gasteiger partial charge in [-0.05, 0) is 0 Å². The average Bonchev–Trinajstić information content (AvgIpc) is 2.66. The molecular formula is C21H35AuN2O3Se. The molecule has 1 saturated heterocycles. The maximum Gasteiger partial charge on any atom is 0 e. The third kappa shape index (κ3) is 8.96. The number of barbiturate groups is 1. The number of hydrogen-bond donors (Lipinski definition) is 0. The summed E-state index contributed by atoms with van der Waals surface area (Å²) in [6, 6.07) is -0.447. The van der Waals surface area contributed by atoms with E-state index in [4.69, 9.17) is 0 Å². The van der Waals surface area contributed by atoms with Crippen molar-refractivity contribution < 1.29 is 36.8 Å². The van der Waals surface area contributed by atoms with Gasteiger partial charge >= 0.3 is 173 Å². The first-order chi connectivity index (χ1) is 13.1. The van der Waals surface area contributed by atoms with Gasteiger partial charge in [0.15, 0.2) is 0 Å². The molecule has 0 spiro atoms. The number of rotatable bonds is 14. The molecule has 5 nitrogen and oxygen atoms in total. The monoisotopic (exact) mass is 640 g/mol. The third-order valence-corrected chi connectivity index (χ3v) is 5.50. The number of hydrogen-bond acceptors (Lipinski definition) is 3. The van der Waals surface area contributed by atoms with E-state index >= 15 is 0 Å². The second-order valence-electron chi connectivity index (χ2n) is 7.26. The second kappa shape index (κ2) is 16.4. The van der Waals surface area contributed by atoms with E-state index in [0.717, 1.165) is 38.5 Å². The van der Waals surface area contributed by atoms with E-state index in [1.807, 2.05) is 0 Å². The maximum absolute atomic E-state index is 12.7. The summed E-state index contributed by atoms with van der Waals surface area (Å²) < 4.78 is 0. The zero-order chi connectivity index (χ0) is 20.1. The van der Waals surface area contributed by atoms with Gasteiger partial charge in [0.1, 0.15) is 0 Å². The van der Waals surface area contributed by atoms with Crippen LogP contribution in [0.1, 0.15) is 90.9 Å². The van der Waals surface area contributed by atoms with Crippen LogP contribution in [0, 0.1) is 0 Å². The van der Waals surface area contributed by atoms with Crippen LogP contribution in [-0.2, 0) is 32.0 Å². The summed E-state index contributed by atoms with van der Waals surface area (Å²) in [4.78, 5) is 41.6. The minimum Gasteiger partial charge on any atom is 0 e. The Morgan fingerprint density at radius 1 is 0.679 bits per heavy atom. The van der Waals surface area contributed by atoms with Gasteiger partial charge in [-0.2, -0.15) is 0 Å². The molecule has 1 fully saturated rings. The number of imide groups is 2. The molecule has 1 heterocycles. The van der Waals surface area contributed by atoms with Gasteiger partial charge in [0, 0.05) is 22.4 Å². The Morgan fingerprint density at radius 2 is 1.04 bits per heavy atom. The summed E-state index contributed by atoms with van der Waals surface area (Å²) in [5.41, 5.74) is 0.0755. The van der Waals surface area contributed by atoms with E-state index in [9.17, 15) is 14.4 Å². The largest absolute Gasteiger partial charge is 0 e. The zero-order valence-corrected chi connectivity index (χ0v) is 21.2. The molecule has 0 saturated carbocycles. The van der Waals surface area contributed by atoms with Gasteiger partial charge in [-0.15, -0.1) is 0 Å². The summed E-state index contributed by atoms with van der Waals surface area (Å²) in [7, 11) is 0. The molecule has 164 valence electrons. The van der Waals surface area contributed by atoms with Crippen LogP contribution in [-0.4, -0.2) is 56.7 Å².